The number of benzene rings is 1. The first-order valence-electron chi connectivity index (χ1n) is 7.98. The molecule has 132 valence electrons. The number of aromatic nitrogens is 2. The zero-order valence-corrected chi connectivity index (χ0v) is 14.4. The van der Waals surface area contributed by atoms with Crippen molar-refractivity contribution in [3.05, 3.63) is 52.5 Å². The first kappa shape index (κ1) is 16.3. The Hall–Kier alpha value is -3.13. The molecule has 0 atom stereocenters. The van der Waals surface area contributed by atoms with Crippen molar-refractivity contribution in [2.24, 2.45) is 0 Å². The molecule has 2 aromatic heterocycles. The first-order chi connectivity index (χ1) is 12.6. The lowest BCUT2D eigenvalue weighted by Gasteiger charge is -2.09. The van der Waals surface area contributed by atoms with Crippen LogP contribution in [-0.4, -0.2) is 32.7 Å². The maximum absolute atomic E-state index is 12.5. The van der Waals surface area contributed by atoms with Gasteiger partial charge in [0.25, 0.3) is 11.8 Å². The molecule has 3 N–H and O–H groups in total. The molecule has 0 saturated heterocycles. The fourth-order valence-corrected chi connectivity index (χ4v) is 3.39. The van der Waals surface area contributed by atoms with Crippen molar-refractivity contribution >= 4 is 17.2 Å². The zero-order chi connectivity index (χ0) is 18.1. The highest BCUT2D eigenvalue weighted by molar-refractivity contribution is 7.13. The Morgan fingerprint density at radius 3 is 2.96 bits per heavy atom. The van der Waals surface area contributed by atoms with Gasteiger partial charge in [-0.15, -0.1) is 11.3 Å². The van der Waals surface area contributed by atoms with Gasteiger partial charge in [0, 0.05) is 13.0 Å². The highest BCUT2D eigenvalue weighted by Gasteiger charge is 2.21. The van der Waals surface area contributed by atoms with Gasteiger partial charge in [-0.2, -0.15) is 4.98 Å². The summed E-state index contributed by atoms with van der Waals surface area (Å²) in [7, 11) is 0. The van der Waals surface area contributed by atoms with Gasteiger partial charge in [0.1, 0.15) is 5.75 Å². The van der Waals surface area contributed by atoms with E-state index in [9.17, 15) is 15.0 Å². The first-order valence-corrected chi connectivity index (χ1v) is 8.86. The Bertz CT molecular complexity index is 973. The molecule has 3 aromatic rings. The lowest BCUT2D eigenvalue weighted by atomic mass is 10.1. The van der Waals surface area contributed by atoms with Gasteiger partial charge in [-0.1, -0.05) is 18.2 Å². The van der Waals surface area contributed by atoms with Crippen molar-refractivity contribution in [1.29, 1.82) is 0 Å². The second-order valence-corrected chi connectivity index (χ2v) is 6.72. The molecule has 0 unspecified atom stereocenters. The van der Waals surface area contributed by atoms with E-state index >= 15 is 0 Å². The van der Waals surface area contributed by atoms with Crippen LogP contribution in [0.1, 0.15) is 21.6 Å². The molecule has 8 heteroatoms. The van der Waals surface area contributed by atoms with E-state index in [1.165, 1.54) is 11.3 Å². The van der Waals surface area contributed by atoms with E-state index in [2.05, 4.69) is 15.3 Å². The van der Waals surface area contributed by atoms with Crippen molar-refractivity contribution in [3.8, 4) is 28.1 Å². The zero-order valence-electron chi connectivity index (χ0n) is 13.6. The van der Waals surface area contributed by atoms with Gasteiger partial charge in [0.15, 0.2) is 11.5 Å². The summed E-state index contributed by atoms with van der Waals surface area (Å²) in [6.45, 7) is 0.940. The van der Waals surface area contributed by atoms with Gasteiger partial charge < -0.3 is 20.3 Å². The lowest BCUT2D eigenvalue weighted by molar-refractivity contribution is 0.0942. The van der Waals surface area contributed by atoms with Crippen LogP contribution in [0.2, 0.25) is 0 Å². The third-order valence-electron chi connectivity index (χ3n) is 4.03. The number of rotatable bonds is 4. The molecule has 26 heavy (non-hydrogen) atoms. The Kier molecular flexibility index (Phi) is 4.18. The molecular formula is C18H15N3O4S. The molecule has 0 fully saturated rings. The molecule has 0 saturated carbocycles. The highest BCUT2D eigenvalue weighted by Crippen LogP contribution is 2.30. The minimum atomic E-state index is -0.634. The van der Waals surface area contributed by atoms with Crippen LogP contribution in [0.4, 0.5) is 0 Å². The summed E-state index contributed by atoms with van der Waals surface area (Å²) in [6.07, 6.45) is 0.849. The Labute approximate surface area is 152 Å². The predicted octanol–water partition coefficient (Wildman–Crippen LogP) is 2.48. The smallest absolute Gasteiger partial charge is 0.274 e. The number of carbonyl (C=O) groups is 1. The number of hydrogen-bond donors (Lipinski definition) is 3. The number of amides is 1. The molecule has 0 bridgehead atoms. The summed E-state index contributed by atoms with van der Waals surface area (Å²) in [6, 6.07) is 9.32. The Balaban J connectivity index is 1.54. The summed E-state index contributed by atoms with van der Waals surface area (Å²) in [5, 5.41) is 24.3. The fourth-order valence-electron chi connectivity index (χ4n) is 2.73. The number of fused-ring (bicyclic) bond motifs is 1. The van der Waals surface area contributed by atoms with Crippen LogP contribution < -0.4 is 10.1 Å². The summed E-state index contributed by atoms with van der Waals surface area (Å²) in [5.74, 6) is -0.780. The fraction of sp³-hybridized carbons (Fsp3) is 0.167. The topological polar surface area (TPSA) is 105 Å². The van der Waals surface area contributed by atoms with E-state index in [0.29, 0.717) is 11.5 Å². The standard InChI is InChI=1S/C18H15N3O4S/c22-15-14(20-16(21-18(15)24)13-2-1-7-26-13)17(23)19-9-10-3-4-12-11(8-10)5-6-25-12/h1-4,7-8,22H,5-6,9H2,(H,19,23)(H,20,21,24). The Morgan fingerprint density at radius 2 is 2.15 bits per heavy atom. The van der Waals surface area contributed by atoms with Crippen molar-refractivity contribution in [2.75, 3.05) is 6.61 Å². The van der Waals surface area contributed by atoms with Crippen LogP contribution in [0.25, 0.3) is 10.7 Å². The number of ether oxygens (including phenoxy) is 1. The van der Waals surface area contributed by atoms with Crippen LogP contribution in [-0.2, 0) is 13.0 Å². The van der Waals surface area contributed by atoms with Crippen LogP contribution in [0.5, 0.6) is 17.4 Å². The SMILES string of the molecule is O=C(NCc1ccc2c(c1)CCO2)c1nc(-c2cccs2)nc(O)c1O. The molecule has 1 aliphatic heterocycles. The molecule has 3 heterocycles. The molecule has 1 amide bonds. The molecule has 7 nitrogen and oxygen atoms in total. The third-order valence-corrected chi connectivity index (χ3v) is 4.89. The van der Waals surface area contributed by atoms with Crippen LogP contribution in [0.15, 0.2) is 35.7 Å². The van der Waals surface area contributed by atoms with E-state index in [-0.39, 0.29) is 18.1 Å². The molecular weight excluding hydrogens is 354 g/mol. The molecule has 0 spiro atoms. The second kappa shape index (κ2) is 6.64. The third kappa shape index (κ3) is 3.06. The number of nitrogens with one attached hydrogen (secondary N) is 1. The molecule has 1 aromatic carbocycles. The van der Waals surface area contributed by atoms with Crippen LogP contribution >= 0.6 is 11.3 Å². The molecule has 1 aliphatic rings. The van der Waals surface area contributed by atoms with Crippen molar-refractivity contribution in [2.45, 2.75) is 13.0 Å². The van der Waals surface area contributed by atoms with E-state index in [1.54, 1.807) is 6.07 Å². The number of nitrogens with zero attached hydrogens (tertiary/aromatic N) is 2. The van der Waals surface area contributed by atoms with E-state index in [1.807, 2.05) is 29.6 Å². The van der Waals surface area contributed by atoms with Gasteiger partial charge in [-0.3, -0.25) is 4.79 Å². The van der Waals surface area contributed by atoms with Gasteiger partial charge in [-0.25, -0.2) is 4.98 Å². The largest absolute Gasteiger partial charge is 0.501 e. The molecule has 0 aliphatic carbocycles. The second-order valence-electron chi connectivity index (χ2n) is 5.77. The van der Waals surface area contributed by atoms with E-state index in [0.717, 1.165) is 23.3 Å². The van der Waals surface area contributed by atoms with Crippen LogP contribution in [0.3, 0.4) is 0 Å². The number of hydrogen-bond acceptors (Lipinski definition) is 7. The van der Waals surface area contributed by atoms with Gasteiger partial charge >= 0.3 is 0 Å². The predicted molar refractivity (Wildman–Crippen MR) is 95.5 cm³/mol. The summed E-state index contributed by atoms with van der Waals surface area (Å²) in [5.41, 5.74) is 1.77. The quantitative estimate of drug-likeness (QED) is 0.653. The van der Waals surface area contributed by atoms with Gasteiger partial charge in [0.2, 0.25) is 5.75 Å². The van der Waals surface area contributed by atoms with Crippen molar-refractivity contribution < 1.29 is 19.7 Å². The molecule has 4 rings (SSSR count). The molecule has 0 radical (unpaired) electrons. The average molecular weight is 369 g/mol. The average Bonchev–Trinajstić information content (AvgIpc) is 3.33. The summed E-state index contributed by atoms with van der Waals surface area (Å²) in [4.78, 5) is 21.1. The van der Waals surface area contributed by atoms with E-state index in [4.69, 9.17) is 4.74 Å². The maximum Gasteiger partial charge on any atom is 0.274 e. The van der Waals surface area contributed by atoms with Crippen molar-refractivity contribution in [3.63, 3.8) is 0 Å². The Morgan fingerprint density at radius 1 is 1.27 bits per heavy atom. The number of thiophene rings is 1. The van der Waals surface area contributed by atoms with Gasteiger partial charge in [-0.05, 0) is 28.6 Å². The maximum atomic E-state index is 12.5. The minimum Gasteiger partial charge on any atom is -0.501 e. The van der Waals surface area contributed by atoms with Crippen LogP contribution in [0, 0.1) is 0 Å². The lowest BCUT2D eigenvalue weighted by Crippen LogP contribution is -2.24. The summed E-state index contributed by atoms with van der Waals surface area (Å²) >= 11 is 1.37. The summed E-state index contributed by atoms with van der Waals surface area (Å²) < 4.78 is 5.46. The van der Waals surface area contributed by atoms with Crippen molar-refractivity contribution in [1.82, 2.24) is 15.3 Å². The highest BCUT2D eigenvalue weighted by atomic mass is 32.1. The van der Waals surface area contributed by atoms with Gasteiger partial charge in [0.05, 0.1) is 11.5 Å². The minimum absolute atomic E-state index is 0.190. The number of carbonyl (C=O) groups excluding carboxylic acids is 1. The normalized spacial score (nSPS) is 12.5. The van der Waals surface area contributed by atoms with E-state index < -0.39 is 17.5 Å². The monoisotopic (exact) mass is 369 g/mol. The number of aromatic hydroxyl groups is 2.